The summed E-state index contributed by atoms with van der Waals surface area (Å²) in [6.07, 6.45) is 0. The van der Waals surface area contributed by atoms with Crippen molar-refractivity contribution in [1.29, 1.82) is 0 Å². The van der Waals surface area contributed by atoms with Crippen molar-refractivity contribution in [3.05, 3.63) is 10.9 Å². The van der Waals surface area contributed by atoms with Gasteiger partial charge >= 0.3 is 0 Å². The molecule has 0 unspecified atom stereocenters. The van der Waals surface area contributed by atoms with Gasteiger partial charge in [-0.3, -0.25) is 0 Å². The maximum absolute atomic E-state index is 3.99. The summed E-state index contributed by atoms with van der Waals surface area (Å²) < 4.78 is 0. The van der Waals surface area contributed by atoms with E-state index in [1.165, 1.54) is 4.88 Å². The molecule has 0 aliphatic carbocycles. The zero-order valence-corrected chi connectivity index (χ0v) is 9.72. The summed E-state index contributed by atoms with van der Waals surface area (Å²) in [6, 6.07) is 2.50. The molecule has 0 fully saturated rings. The summed E-state index contributed by atoms with van der Waals surface area (Å²) in [5.41, 5.74) is 1.08. The maximum atomic E-state index is 3.99. The number of rotatable bonds is 3. The molecule has 0 amide bonds. The minimum Gasteiger partial charge on any atom is -0.382 e. The summed E-state index contributed by atoms with van der Waals surface area (Å²) >= 11 is 1.67. The molecule has 0 aromatic carbocycles. The zero-order valence-electron chi connectivity index (χ0n) is 8.90. The normalized spacial score (nSPS) is 10.9. The molecule has 80 valence electrons. The fourth-order valence-corrected chi connectivity index (χ4v) is 2.26. The van der Waals surface area contributed by atoms with Gasteiger partial charge in [-0.1, -0.05) is 0 Å². The molecule has 0 saturated heterocycles. The molecule has 5 nitrogen and oxygen atoms in total. The molecule has 0 saturated carbocycles. The second kappa shape index (κ2) is 3.98. The molecular formula is C9H13N5S. The molecule has 0 bridgehead atoms. The van der Waals surface area contributed by atoms with Crippen molar-refractivity contribution >= 4 is 17.0 Å². The Morgan fingerprint density at radius 3 is 2.87 bits per heavy atom. The van der Waals surface area contributed by atoms with Gasteiger partial charge in [-0.25, -0.2) is 0 Å². The molecule has 2 aromatic heterocycles. The molecule has 6 heteroatoms. The molecule has 2 rings (SSSR count). The molecule has 0 aliphatic heterocycles. The maximum Gasteiger partial charge on any atom is 0.216 e. The van der Waals surface area contributed by atoms with Crippen LogP contribution in [0.25, 0.3) is 10.7 Å². The molecule has 2 heterocycles. The number of thiophene rings is 1. The number of hydrogen-bond acceptors (Lipinski definition) is 5. The number of hydrogen-bond donors (Lipinski definition) is 2. The number of aromatic amines is 1. The van der Waals surface area contributed by atoms with Gasteiger partial charge in [-0.2, -0.15) is 5.21 Å². The number of aryl methyl sites for hydroxylation is 1. The lowest BCUT2D eigenvalue weighted by Gasteiger charge is -2.08. The van der Waals surface area contributed by atoms with E-state index in [0.29, 0.717) is 11.9 Å². The van der Waals surface area contributed by atoms with Crippen LogP contribution in [-0.2, 0) is 0 Å². The van der Waals surface area contributed by atoms with Crippen LogP contribution in [0.3, 0.4) is 0 Å². The Morgan fingerprint density at radius 2 is 2.27 bits per heavy atom. The van der Waals surface area contributed by atoms with Crippen LogP contribution >= 0.6 is 11.3 Å². The third kappa shape index (κ3) is 2.15. The highest BCUT2D eigenvalue weighted by atomic mass is 32.1. The largest absolute Gasteiger partial charge is 0.382 e. The highest BCUT2D eigenvalue weighted by Gasteiger charge is 2.13. The molecule has 15 heavy (non-hydrogen) atoms. The lowest BCUT2D eigenvalue weighted by Crippen LogP contribution is -2.09. The average molecular weight is 223 g/mol. The Morgan fingerprint density at radius 1 is 1.47 bits per heavy atom. The first-order valence-corrected chi connectivity index (χ1v) is 5.59. The number of aromatic nitrogens is 4. The molecule has 0 aliphatic rings. The van der Waals surface area contributed by atoms with E-state index in [4.69, 9.17) is 0 Å². The summed E-state index contributed by atoms with van der Waals surface area (Å²) in [4.78, 5) is 2.27. The van der Waals surface area contributed by atoms with Gasteiger partial charge in [-0.05, 0) is 32.1 Å². The van der Waals surface area contributed by atoms with Crippen LogP contribution in [-0.4, -0.2) is 26.7 Å². The van der Waals surface area contributed by atoms with Crippen molar-refractivity contribution in [2.45, 2.75) is 26.8 Å². The van der Waals surface area contributed by atoms with Crippen LogP contribution in [0, 0.1) is 6.92 Å². The van der Waals surface area contributed by atoms with Gasteiger partial charge in [0.15, 0.2) is 0 Å². The minimum absolute atomic E-state index is 0.393. The van der Waals surface area contributed by atoms with Crippen molar-refractivity contribution in [2.75, 3.05) is 5.32 Å². The fourth-order valence-electron chi connectivity index (χ4n) is 1.36. The van der Waals surface area contributed by atoms with E-state index in [2.05, 4.69) is 52.8 Å². The van der Waals surface area contributed by atoms with Crippen LogP contribution in [0.2, 0.25) is 0 Å². The number of nitrogens with one attached hydrogen (secondary N) is 2. The second-order valence-corrected chi connectivity index (χ2v) is 4.89. The predicted molar refractivity (Wildman–Crippen MR) is 61.0 cm³/mol. The Hall–Kier alpha value is -1.43. The quantitative estimate of drug-likeness (QED) is 0.835. The van der Waals surface area contributed by atoms with E-state index in [9.17, 15) is 0 Å². The molecule has 0 atom stereocenters. The van der Waals surface area contributed by atoms with Crippen LogP contribution in [0.4, 0.5) is 5.69 Å². The third-order valence-corrected chi connectivity index (χ3v) is 2.89. The van der Waals surface area contributed by atoms with Gasteiger partial charge < -0.3 is 5.32 Å². The van der Waals surface area contributed by atoms with Crippen LogP contribution in [0.1, 0.15) is 18.7 Å². The predicted octanol–water partition coefficient (Wildman–Crippen LogP) is 2.06. The van der Waals surface area contributed by atoms with Gasteiger partial charge in [0.05, 0.1) is 10.6 Å². The highest BCUT2D eigenvalue weighted by molar-refractivity contribution is 7.16. The monoisotopic (exact) mass is 223 g/mol. The van der Waals surface area contributed by atoms with E-state index in [0.717, 1.165) is 10.6 Å². The first-order chi connectivity index (χ1) is 7.16. The van der Waals surface area contributed by atoms with Gasteiger partial charge in [0, 0.05) is 10.9 Å². The summed E-state index contributed by atoms with van der Waals surface area (Å²) in [7, 11) is 0. The van der Waals surface area contributed by atoms with E-state index in [1.54, 1.807) is 11.3 Å². The molecule has 0 radical (unpaired) electrons. The van der Waals surface area contributed by atoms with Gasteiger partial charge in [0.2, 0.25) is 5.82 Å². The van der Waals surface area contributed by atoms with Crippen LogP contribution < -0.4 is 5.32 Å². The lowest BCUT2D eigenvalue weighted by molar-refractivity contribution is 0.881. The summed E-state index contributed by atoms with van der Waals surface area (Å²) in [5.74, 6) is 0.649. The molecular weight excluding hydrogens is 210 g/mol. The van der Waals surface area contributed by atoms with Crippen LogP contribution in [0.15, 0.2) is 6.07 Å². The van der Waals surface area contributed by atoms with Crippen molar-refractivity contribution in [1.82, 2.24) is 20.6 Å². The van der Waals surface area contributed by atoms with Gasteiger partial charge in [-0.15, -0.1) is 21.5 Å². The third-order valence-electron chi connectivity index (χ3n) is 1.85. The first kappa shape index (κ1) is 10.1. The number of nitrogens with zero attached hydrogens (tertiary/aromatic N) is 3. The zero-order chi connectivity index (χ0) is 10.8. The number of tetrazole rings is 1. The van der Waals surface area contributed by atoms with Gasteiger partial charge in [0.1, 0.15) is 0 Å². The number of H-pyrrole nitrogens is 1. The van der Waals surface area contributed by atoms with Crippen molar-refractivity contribution in [3.63, 3.8) is 0 Å². The fraction of sp³-hybridized carbons (Fsp3) is 0.444. The standard InChI is InChI=1S/C9H13N5S/c1-5(2)10-7-4-6(3)15-8(7)9-11-13-14-12-9/h4-5,10H,1-3H3,(H,11,12,13,14). The second-order valence-electron chi connectivity index (χ2n) is 3.63. The first-order valence-electron chi connectivity index (χ1n) is 4.77. The Kier molecular flexibility index (Phi) is 2.68. The highest BCUT2D eigenvalue weighted by Crippen LogP contribution is 2.34. The Labute approximate surface area is 91.9 Å². The van der Waals surface area contributed by atoms with E-state index >= 15 is 0 Å². The summed E-state index contributed by atoms with van der Waals surface area (Å²) in [5, 5.41) is 17.4. The minimum atomic E-state index is 0.393. The number of anilines is 1. The van der Waals surface area contributed by atoms with Crippen molar-refractivity contribution in [3.8, 4) is 10.7 Å². The molecule has 2 aromatic rings. The average Bonchev–Trinajstić information content (AvgIpc) is 2.72. The molecule has 2 N–H and O–H groups in total. The molecule has 0 spiro atoms. The van der Waals surface area contributed by atoms with Crippen molar-refractivity contribution in [2.24, 2.45) is 0 Å². The Balaban J connectivity index is 2.38. The smallest absolute Gasteiger partial charge is 0.216 e. The van der Waals surface area contributed by atoms with Crippen LogP contribution in [0.5, 0.6) is 0 Å². The Bertz CT molecular complexity index is 431. The van der Waals surface area contributed by atoms with Crippen molar-refractivity contribution < 1.29 is 0 Å². The topological polar surface area (TPSA) is 66.5 Å². The van der Waals surface area contributed by atoms with E-state index < -0.39 is 0 Å². The lowest BCUT2D eigenvalue weighted by atomic mass is 10.3. The van der Waals surface area contributed by atoms with E-state index in [1.807, 2.05) is 0 Å². The van der Waals surface area contributed by atoms with E-state index in [-0.39, 0.29) is 0 Å². The van der Waals surface area contributed by atoms with Gasteiger partial charge in [0.25, 0.3) is 0 Å². The summed E-state index contributed by atoms with van der Waals surface area (Å²) in [6.45, 7) is 6.28. The SMILES string of the molecule is Cc1cc(NC(C)C)c(-c2nn[nH]n2)s1.